The molecule has 0 saturated carbocycles. The van der Waals surface area contributed by atoms with Crippen LogP contribution in [-0.4, -0.2) is 18.6 Å². The Labute approximate surface area is 130 Å². The molecule has 0 bridgehead atoms. The van der Waals surface area contributed by atoms with Gasteiger partial charge in [0.25, 0.3) is 5.91 Å². The molecule has 3 rings (SSSR count). The van der Waals surface area contributed by atoms with Crippen LogP contribution in [0, 0.1) is 0 Å². The highest BCUT2D eigenvalue weighted by molar-refractivity contribution is 5.97. The highest BCUT2D eigenvalue weighted by atomic mass is 16.5. The van der Waals surface area contributed by atoms with Crippen LogP contribution in [0.5, 0.6) is 5.75 Å². The van der Waals surface area contributed by atoms with E-state index in [0.29, 0.717) is 0 Å². The highest BCUT2D eigenvalue weighted by Gasteiger charge is 2.23. The molecule has 1 aliphatic rings. The lowest BCUT2D eigenvalue weighted by Gasteiger charge is -2.23. The first-order valence-electron chi connectivity index (χ1n) is 7.57. The first-order chi connectivity index (χ1) is 10.7. The zero-order valence-electron chi connectivity index (χ0n) is 12.6. The molecular formula is C18H20N2O2. The van der Waals surface area contributed by atoms with E-state index in [1.54, 1.807) is 6.92 Å². The maximum Gasteiger partial charge on any atom is 0.265 e. The van der Waals surface area contributed by atoms with Crippen LogP contribution < -0.4 is 15.4 Å². The summed E-state index contributed by atoms with van der Waals surface area (Å²) in [6.45, 7) is 3.43. The summed E-state index contributed by atoms with van der Waals surface area (Å²) in [6.07, 6.45) is 0.575. The molecule has 1 amide bonds. The minimum atomic E-state index is -0.428. The smallest absolute Gasteiger partial charge is 0.265 e. The van der Waals surface area contributed by atoms with E-state index in [2.05, 4.69) is 34.9 Å². The first-order valence-corrected chi connectivity index (χ1v) is 7.57. The zero-order valence-corrected chi connectivity index (χ0v) is 12.6. The minimum Gasteiger partial charge on any atom is -0.479 e. The van der Waals surface area contributed by atoms with Crippen LogP contribution in [0.3, 0.4) is 0 Å². The molecule has 0 radical (unpaired) electrons. The van der Waals surface area contributed by atoms with E-state index in [1.165, 1.54) is 5.56 Å². The molecule has 4 nitrogen and oxygen atoms in total. The van der Waals surface area contributed by atoms with E-state index >= 15 is 0 Å². The summed E-state index contributed by atoms with van der Waals surface area (Å²) in [4.78, 5) is 11.6. The van der Waals surface area contributed by atoms with E-state index in [-0.39, 0.29) is 5.91 Å². The molecule has 4 heteroatoms. The quantitative estimate of drug-likeness (QED) is 0.834. The van der Waals surface area contributed by atoms with Crippen LogP contribution in [0.4, 0.5) is 5.69 Å². The lowest BCUT2D eigenvalue weighted by Crippen LogP contribution is -2.34. The number of fused-ring (bicyclic) bond motifs is 1. The van der Waals surface area contributed by atoms with Gasteiger partial charge in [0.2, 0.25) is 0 Å². The van der Waals surface area contributed by atoms with Crippen molar-refractivity contribution < 1.29 is 9.53 Å². The summed E-state index contributed by atoms with van der Waals surface area (Å²) in [6, 6.07) is 16.3. The van der Waals surface area contributed by atoms with Gasteiger partial charge in [0.1, 0.15) is 5.75 Å². The molecule has 2 N–H and O–H groups in total. The maximum atomic E-state index is 11.6. The third kappa shape index (κ3) is 3.46. The van der Waals surface area contributed by atoms with Crippen molar-refractivity contribution in [3.8, 4) is 5.75 Å². The van der Waals surface area contributed by atoms with Gasteiger partial charge in [-0.15, -0.1) is 0 Å². The second kappa shape index (κ2) is 6.62. The molecule has 0 aliphatic carbocycles. The molecule has 0 saturated heterocycles. The lowest BCUT2D eigenvalue weighted by atomic mass is 10.1. The maximum absolute atomic E-state index is 11.6. The normalized spacial score (nSPS) is 16.6. The predicted molar refractivity (Wildman–Crippen MR) is 87.0 cm³/mol. The van der Waals surface area contributed by atoms with E-state index in [9.17, 15) is 4.79 Å². The Morgan fingerprint density at radius 2 is 1.95 bits per heavy atom. The van der Waals surface area contributed by atoms with Crippen LogP contribution in [0.25, 0.3) is 0 Å². The van der Waals surface area contributed by atoms with Gasteiger partial charge in [0.15, 0.2) is 6.10 Å². The number of carbonyl (C=O) groups excluding carboxylic acids is 1. The number of anilines is 1. The average Bonchev–Trinajstić information content (AvgIpc) is 2.54. The number of ether oxygens (including phenoxy) is 1. The molecule has 22 heavy (non-hydrogen) atoms. The SMILES string of the molecule is CC1Oc2ccc(CNCCc3ccccc3)cc2NC1=O. The molecule has 0 fully saturated rings. The van der Waals surface area contributed by atoms with Gasteiger partial charge in [-0.25, -0.2) is 0 Å². The molecule has 114 valence electrons. The Hall–Kier alpha value is -2.33. The predicted octanol–water partition coefficient (Wildman–Crippen LogP) is 2.74. The van der Waals surface area contributed by atoms with Gasteiger partial charge in [-0.3, -0.25) is 4.79 Å². The zero-order chi connectivity index (χ0) is 15.4. The summed E-state index contributed by atoms with van der Waals surface area (Å²) >= 11 is 0. The number of hydrogen-bond donors (Lipinski definition) is 2. The molecule has 1 heterocycles. The molecule has 2 aromatic carbocycles. The monoisotopic (exact) mass is 296 g/mol. The third-order valence-electron chi connectivity index (χ3n) is 3.74. The van der Waals surface area contributed by atoms with Crippen LogP contribution >= 0.6 is 0 Å². The fourth-order valence-corrected chi connectivity index (χ4v) is 2.48. The molecular weight excluding hydrogens is 276 g/mol. The fourth-order valence-electron chi connectivity index (χ4n) is 2.48. The van der Waals surface area contributed by atoms with Crippen LogP contribution in [0.1, 0.15) is 18.1 Å². The summed E-state index contributed by atoms with van der Waals surface area (Å²) < 4.78 is 5.55. The second-order valence-electron chi connectivity index (χ2n) is 5.49. The van der Waals surface area contributed by atoms with Gasteiger partial charge in [-0.1, -0.05) is 36.4 Å². The van der Waals surface area contributed by atoms with Gasteiger partial charge in [-0.2, -0.15) is 0 Å². The topological polar surface area (TPSA) is 50.4 Å². The molecule has 1 atom stereocenters. The summed E-state index contributed by atoms with van der Waals surface area (Å²) in [7, 11) is 0. The van der Waals surface area contributed by atoms with E-state index < -0.39 is 6.10 Å². The Kier molecular flexibility index (Phi) is 4.39. The van der Waals surface area contributed by atoms with Crippen molar-refractivity contribution in [2.24, 2.45) is 0 Å². The van der Waals surface area contributed by atoms with Gasteiger partial charge in [0, 0.05) is 6.54 Å². The van der Waals surface area contributed by atoms with Crippen LogP contribution in [0.15, 0.2) is 48.5 Å². The van der Waals surface area contributed by atoms with Crippen molar-refractivity contribution in [2.75, 3.05) is 11.9 Å². The molecule has 0 aromatic heterocycles. The number of carbonyl (C=O) groups is 1. The molecule has 1 unspecified atom stereocenters. The minimum absolute atomic E-state index is 0.0957. The number of hydrogen-bond acceptors (Lipinski definition) is 3. The number of amides is 1. The average molecular weight is 296 g/mol. The first kappa shape index (κ1) is 14.6. The summed E-state index contributed by atoms with van der Waals surface area (Å²) in [5.74, 6) is 0.641. The number of benzene rings is 2. The summed E-state index contributed by atoms with van der Waals surface area (Å²) in [5.41, 5.74) is 3.21. The highest BCUT2D eigenvalue weighted by Crippen LogP contribution is 2.30. The van der Waals surface area contributed by atoms with Crippen molar-refractivity contribution in [3.05, 3.63) is 59.7 Å². The third-order valence-corrected chi connectivity index (χ3v) is 3.74. The largest absolute Gasteiger partial charge is 0.479 e. The molecule has 1 aliphatic heterocycles. The standard InChI is InChI=1S/C18H20N2O2/c1-13-18(21)20-16-11-15(7-8-17(16)22-13)12-19-10-9-14-5-3-2-4-6-14/h2-8,11,13,19H,9-10,12H2,1H3,(H,20,21). The summed E-state index contributed by atoms with van der Waals surface area (Å²) in [5, 5.41) is 6.30. The van der Waals surface area contributed by atoms with E-state index in [0.717, 1.165) is 36.5 Å². The van der Waals surface area contributed by atoms with Gasteiger partial charge < -0.3 is 15.4 Å². The van der Waals surface area contributed by atoms with Crippen LogP contribution in [-0.2, 0) is 17.8 Å². The van der Waals surface area contributed by atoms with Crippen molar-refractivity contribution >= 4 is 11.6 Å². The Morgan fingerprint density at radius 3 is 2.77 bits per heavy atom. The lowest BCUT2D eigenvalue weighted by molar-refractivity contribution is -0.122. The Morgan fingerprint density at radius 1 is 1.14 bits per heavy atom. The second-order valence-corrected chi connectivity index (χ2v) is 5.49. The fraction of sp³-hybridized carbons (Fsp3) is 0.278. The number of nitrogens with one attached hydrogen (secondary N) is 2. The van der Waals surface area contributed by atoms with E-state index in [1.807, 2.05) is 24.3 Å². The molecule has 2 aromatic rings. The molecule has 0 spiro atoms. The van der Waals surface area contributed by atoms with Gasteiger partial charge in [-0.05, 0) is 43.1 Å². The van der Waals surface area contributed by atoms with Crippen molar-refractivity contribution in [1.29, 1.82) is 0 Å². The number of rotatable bonds is 5. The van der Waals surface area contributed by atoms with Crippen molar-refractivity contribution in [2.45, 2.75) is 26.0 Å². The van der Waals surface area contributed by atoms with Crippen molar-refractivity contribution in [1.82, 2.24) is 5.32 Å². The van der Waals surface area contributed by atoms with Gasteiger partial charge >= 0.3 is 0 Å². The van der Waals surface area contributed by atoms with Gasteiger partial charge in [0.05, 0.1) is 5.69 Å². The van der Waals surface area contributed by atoms with Crippen LogP contribution in [0.2, 0.25) is 0 Å². The Balaban J connectivity index is 1.53. The Bertz CT molecular complexity index is 655. The van der Waals surface area contributed by atoms with Crippen molar-refractivity contribution in [3.63, 3.8) is 0 Å². The van der Waals surface area contributed by atoms with E-state index in [4.69, 9.17) is 4.74 Å².